The van der Waals surface area contributed by atoms with Gasteiger partial charge in [0, 0.05) is 5.56 Å². The SMILES string of the molecule is O=C(O)Cc1ccccc1Oc1ccccc1C(F)(F)F. The van der Waals surface area contributed by atoms with E-state index in [1.165, 1.54) is 30.3 Å². The summed E-state index contributed by atoms with van der Waals surface area (Å²) in [5.74, 6) is -1.35. The third kappa shape index (κ3) is 3.75. The Hall–Kier alpha value is -2.50. The Bertz CT molecular complexity index is 651. The van der Waals surface area contributed by atoms with Crippen LogP contribution in [0.5, 0.6) is 11.5 Å². The summed E-state index contributed by atoms with van der Waals surface area (Å²) in [6, 6.07) is 10.9. The van der Waals surface area contributed by atoms with Crippen LogP contribution in [0.1, 0.15) is 11.1 Å². The molecule has 0 aliphatic carbocycles. The average molecular weight is 296 g/mol. The summed E-state index contributed by atoms with van der Waals surface area (Å²) in [4.78, 5) is 10.8. The van der Waals surface area contributed by atoms with Gasteiger partial charge in [-0.25, -0.2) is 0 Å². The van der Waals surface area contributed by atoms with Crippen LogP contribution in [0.2, 0.25) is 0 Å². The number of benzene rings is 2. The number of alkyl halides is 3. The predicted molar refractivity (Wildman–Crippen MR) is 69.3 cm³/mol. The molecular formula is C15H11F3O3. The van der Waals surface area contributed by atoms with E-state index in [4.69, 9.17) is 9.84 Å². The normalized spacial score (nSPS) is 11.2. The molecule has 0 aliphatic rings. The summed E-state index contributed by atoms with van der Waals surface area (Å²) in [6.45, 7) is 0. The molecule has 0 saturated carbocycles. The van der Waals surface area contributed by atoms with Gasteiger partial charge in [0.05, 0.1) is 12.0 Å². The van der Waals surface area contributed by atoms with Gasteiger partial charge in [-0.2, -0.15) is 13.2 Å². The first-order chi connectivity index (χ1) is 9.88. The number of para-hydroxylation sites is 2. The maximum Gasteiger partial charge on any atom is 0.419 e. The van der Waals surface area contributed by atoms with Crippen molar-refractivity contribution in [2.24, 2.45) is 0 Å². The molecule has 2 rings (SSSR count). The molecule has 0 amide bonds. The van der Waals surface area contributed by atoms with Gasteiger partial charge in [0.2, 0.25) is 0 Å². The van der Waals surface area contributed by atoms with Crippen LogP contribution in [0, 0.1) is 0 Å². The lowest BCUT2D eigenvalue weighted by Gasteiger charge is -2.15. The summed E-state index contributed by atoms with van der Waals surface area (Å²) in [5, 5.41) is 8.81. The molecule has 0 radical (unpaired) electrons. The number of halogens is 3. The van der Waals surface area contributed by atoms with Gasteiger partial charge in [0.1, 0.15) is 11.5 Å². The van der Waals surface area contributed by atoms with E-state index >= 15 is 0 Å². The first-order valence-electron chi connectivity index (χ1n) is 6.01. The Labute approximate surface area is 118 Å². The van der Waals surface area contributed by atoms with E-state index in [9.17, 15) is 18.0 Å². The summed E-state index contributed by atoms with van der Waals surface area (Å²) in [5.41, 5.74) is -0.600. The highest BCUT2D eigenvalue weighted by molar-refractivity contribution is 5.71. The van der Waals surface area contributed by atoms with Gasteiger partial charge in [0.25, 0.3) is 0 Å². The highest BCUT2D eigenvalue weighted by atomic mass is 19.4. The van der Waals surface area contributed by atoms with Crippen LogP contribution in [-0.2, 0) is 17.4 Å². The smallest absolute Gasteiger partial charge is 0.419 e. The Morgan fingerprint density at radius 1 is 1.00 bits per heavy atom. The Morgan fingerprint density at radius 2 is 1.57 bits per heavy atom. The number of ether oxygens (including phenoxy) is 1. The second-order valence-electron chi connectivity index (χ2n) is 4.27. The van der Waals surface area contributed by atoms with Crippen molar-refractivity contribution < 1.29 is 27.8 Å². The predicted octanol–water partition coefficient (Wildman–Crippen LogP) is 4.12. The van der Waals surface area contributed by atoms with Gasteiger partial charge in [0.15, 0.2) is 0 Å². The topological polar surface area (TPSA) is 46.5 Å². The quantitative estimate of drug-likeness (QED) is 0.923. The zero-order chi connectivity index (χ0) is 15.5. The fraction of sp³-hybridized carbons (Fsp3) is 0.133. The number of carboxylic acids is 1. The second-order valence-corrected chi connectivity index (χ2v) is 4.27. The number of aliphatic carboxylic acids is 1. The lowest BCUT2D eigenvalue weighted by Crippen LogP contribution is -2.08. The van der Waals surface area contributed by atoms with Crippen molar-refractivity contribution in [2.75, 3.05) is 0 Å². The van der Waals surface area contributed by atoms with E-state index in [0.29, 0.717) is 5.56 Å². The molecule has 2 aromatic rings. The molecule has 0 heterocycles. The lowest BCUT2D eigenvalue weighted by molar-refractivity contribution is -0.139. The van der Waals surface area contributed by atoms with E-state index in [-0.39, 0.29) is 17.9 Å². The minimum absolute atomic E-state index is 0.0941. The van der Waals surface area contributed by atoms with E-state index in [1.807, 2.05) is 0 Å². The van der Waals surface area contributed by atoms with E-state index < -0.39 is 17.7 Å². The lowest BCUT2D eigenvalue weighted by atomic mass is 10.1. The maximum atomic E-state index is 12.9. The van der Waals surface area contributed by atoms with Crippen LogP contribution in [0.3, 0.4) is 0 Å². The van der Waals surface area contributed by atoms with Crippen LogP contribution in [-0.4, -0.2) is 11.1 Å². The highest BCUT2D eigenvalue weighted by Gasteiger charge is 2.34. The number of carbonyl (C=O) groups is 1. The number of hydrogen-bond acceptors (Lipinski definition) is 2. The molecule has 0 bridgehead atoms. The molecule has 2 aromatic carbocycles. The van der Waals surface area contributed by atoms with Crippen molar-refractivity contribution in [2.45, 2.75) is 12.6 Å². The van der Waals surface area contributed by atoms with Crippen LogP contribution < -0.4 is 4.74 Å². The molecular weight excluding hydrogens is 285 g/mol. The molecule has 0 fully saturated rings. The Kier molecular flexibility index (Phi) is 4.16. The third-order valence-electron chi connectivity index (χ3n) is 2.73. The summed E-state index contributed by atoms with van der Waals surface area (Å²) < 4.78 is 43.9. The average Bonchev–Trinajstić information content (AvgIpc) is 2.40. The number of rotatable bonds is 4. The Balaban J connectivity index is 2.38. The van der Waals surface area contributed by atoms with Gasteiger partial charge in [-0.1, -0.05) is 30.3 Å². The zero-order valence-electron chi connectivity index (χ0n) is 10.7. The van der Waals surface area contributed by atoms with Crippen LogP contribution in [0.25, 0.3) is 0 Å². The molecule has 6 heteroatoms. The van der Waals surface area contributed by atoms with Crippen molar-refractivity contribution >= 4 is 5.97 Å². The Morgan fingerprint density at radius 3 is 2.19 bits per heavy atom. The molecule has 1 N–H and O–H groups in total. The van der Waals surface area contributed by atoms with Crippen molar-refractivity contribution in [1.82, 2.24) is 0 Å². The molecule has 110 valence electrons. The van der Waals surface area contributed by atoms with Gasteiger partial charge in [-0.3, -0.25) is 4.79 Å². The third-order valence-corrected chi connectivity index (χ3v) is 2.73. The first kappa shape index (κ1) is 14.9. The molecule has 3 nitrogen and oxygen atoms in total. The summed E-state index contributed by atoms with van der Waals surface area (Å²) >= 11 is 0. The van der Waals surface area contributed by atoms with Crippen LogP contribution in [0.4, 0.5) is 13.2 Å². The van der Waals surface area contributed by atoms with E-state index in [2.05, 4.69) is 0 Å². The van der Waals surface area contributed by atoms with Crippen molar-refractivity contribution in [3.05, 3.63) is 59.7 Å². The first-order valence-corrected chi connectivity index (χ1v) is 6.01. The molecule has 21 heavy (non-hydrogen) atoms. The highest BCUT2D eigenvalue weighted by Crippen LogP contribution is 2.38. The largest absolute Gasteiger partial charge is 0.481 e. The minimum Gasteiger partial charge on any atom is -0.481 e. The molecule has 0 atom stereocenters. The van der Waals surface area contributed by atoms with Crippen LogP contribution >= 0.6 is 0 Å². The van der Waals surface area contributed by atoms with E-state index in [0.717, 1.165) is 6.07 Å². The molecule has 0 spiro atoms. The second kappa shape index (κ2) is 5.87. The fourth-order valence-electron chi connectivity index (χ4n) is 1.82. The van der Waals surface area contributed by atoms with Crippen molar-refractivity contribution in [3.63, 3.8) is 0 Å². The number of carboxylic acid groups (broad SMARTS) is 1. The maximum absolute atomic E-state index is 12.9. The number of hydrogen-bond donors (Lipinski definition) is 1. The van der Waals surface area contributed by atoms with Gasteiger partial charge < -0.3 is 9.84 Å². The monoisotopic (exact) mass is 296 g/mol. The molecule has 0 unspecified atom stereocenters. The van der Waals surface area contributed by atoms with Gasteiger partial charge in [-0.15, -0.1) is 0 Å². The molecule has 0 aromatic heterocycles. The van der Waals surface area contributed by atoms with Crippen molar-refractivity contribution in [3.8, 4) is 11.5 Å². The molecule has 0 aliphatic heterocycles. The zero-order valence-corrected chi connectivity index (χ0v) is 10.7. The van der Waals surface area contributed by atoms with Crippen molar-refractivity contribution in [1.29, 1.82) is 0 Å². The van der Waals surface area contributed by atoms with Gasteiger partial charge >= 0.3 is 12.1 Å². The minimum atomic E-state index is -4.54. The fourth-order valence-corrected chi connectivity index (χ4v) is 1.82. The molecule has 0 saturated heterocycles. The summed E-state index contributed by atoms with van der Waals surface area (Å²) in [7, 11) is 0. The van der Waals surface area contributed by atoms with E-state index in [1.54, 1.807) is 12.1 Å². The standard InChI is InChI=1S/C15H11F3O3/c16-15(17,18)11-6-2-4-8-13(11)21-12-7-3-1-5-10(12)9-14(19)20/h1-8H,9H2,(H,19,20). The summed E-state index contributed by atoms with van der Waals surface area (Å²) in [6.07, 6.45) is -4.87. The van der Waals surface area contributed by atoms with Crippen LogP contribution in [0.15, 0.2) is 48.5 Å². The van der Waals surface area contributed by atoms with Gasteiger partial charge in [-0.05, 0) is 18.2 Å².